The second-order valence-corrected chi connectivity index (χ2v) is 4.42. The summed E-state index contributed by atoms with van der Waals surface area (Å²) in [6.07, 6.45) is 0.198. The van der Waals surface area contributed by atoms with Crippen LogP contribution in [0.4, 0.5) is 17.1 Å². The van der Waals surface area contributed by atoms with Crippen molar-refractivity contribution in [3.05, 3.63) is 48.0 Å². The van der Waals surface area contributed by atoms with E-state index in [-0.39, 0.29) is 12.3 Å². The number of hydrogen-bond donors (Lipinski definition) is 3. The van der Waals surface area contributed by atoms with E-state index in [4.69, 9.17) is 16.2 Å². The molecule has 0 bridgehead atoms. The Morgan fingerprint density at radius 1 is 1.20 bits per heavy atom. The van der Waals surface area contributed by atoms with Gasteiger partial charge in [-0.3, -0.25) is 4.79 Å². The van der Waals surface area contributed by atoms with Gasteiger partial charge in [0, 0.05) is 23.1 Å². The maximum atomic E-state index is 12.0. The monoisotopic (exact) mass is 271 g/mol. The van der Waals surface area contributed by atoms with Gasteiger partial charge in [0.1, 0.15) is 5.75 Å². The first-order valence-corrected chi connectivity index (χ1v) is 6.16. The smallest absolute Gasteiger partial charge is 0.228 e. The molecule has 1 amide bonds. The van der Waals surface area contributed by atoms with Crippen LogP contribution in [0.1, 0.15) is 5.56 Å². The van der Waals surface area contributed by atoms with Crippen LogP contribution in [0, 0.1) is 0 Å². The van der Waals surface area contributed by atoms with Crippen LogP contribution in [0.25, 0.3) is 0 Å². The maximum Gasteiger partial charge on any atom is 0.228 e. The molecule has 5 heteroatoms. The standard InChI is InChI=1S/C15H17N3O2/c1-20-13-4-2-3-12(9-13)18-15(19)7-10-5-6-11(16)8-14(10)17/h2-6,8-9H,7,16-17H2,1H3,(H,18,19). The molecule has 2 rings (SSSR count). The van der Waals surface area contributed by atoms with Crippen molar-refractivity contribution in [2.24, 2.45) is 0 Å². The molecule has 0 heterocycles. The van der Waals surface area contributed by atoms with Crippen molar-refractivity contribution in [3.63, 3.8) is 0 Å². The highest BCUT2D eigenvalue weighted by atomic mass is 16.5. The molecule has 0 aliphatic carbocycles. The molecule has 5 N–H and O–H groups in total. The van der Waals surface area contributed by atoms with Crippen LogP contribution >= 0.6 is 0 Å². The van der Waals surface area contributed by atoms with Crippen molar-refractivity contribution in [1.29, 1.82) is 0 Å². The molecule has 0 saturated carbocycles. The predicted molar refractivity (Wildman–Crippen MR) is 80.6 cm³/mol. The number of nitrogens with two attached hydrogens (primary N) is 2. The normalized spacial score (nSPS) is 10.1. The highest BCUT2D eigenvalue weighted by Gasteiger charge is 2.07. The van der Waals surface area contributed by atoms with Crippen LogP contribution in [0.3, 0.4) is 0 Å². The number of carbonyl (C=O) groups is 1. The molecule has 0 fully saturated rings. The lowest BCUT2D eigenvalue weighted by Gasteiger charge is -2.09. The summed E-state index contributed by atoms with van der Waals surface area (Å²) < 4.78 is 5.10. The number of anilines is 3. The van der Waals surface area contributed by atoms with Crippen LogP contribution in [0.5, 0.6) is 5.75 Å². The van der Waals surface area contributed by atoms with E-state index in [9.17, 15) is 4.79 Å². The molecular weight excluding hydrogens is 254 g/mol. The largest absolute Gasteiger partial charge is 0.497 e. The van der Waals surface area contributed by atoms with Gasteiger partial charge in [-0.25, -0.2) is 0 Å². The highest BCUT2D eigenvalue weighted by Crippen LogP contribution is 2.19. The summed E-state index contributed by atoms with van der Waals surface area (Å²) in [5.74, 6) is 0.546. The topological polar surface area (TPSA) is 90.4 Å². The summed E-state index contributed by atoms with van der Waals surface area (Å²) in [6, 6.07) is 12.3. The Morgan fingerprint density at radius 2 is 2.00 bits per heavy atom. The Hall–Kier alpha value is -2.69. The molecule has 20 heavy (non-hydrogen) atoms. The number of methoxy groups -OCH3 is 1. The van der Waals surface area contributed by atoms with Gasteiger partial charge in [0.15, 0.2) is 0 Å². The summed E-state index contributed by atoms with van der Waals surface area (Å²) in [6.45, 7) is 0. The van der Waals surface area contributed by atoms with Crippen molar-refractivity contribution in [3.8, 4) is 5.75 Å². The van der Waals surface area contributed by atoms with Crippen molar-refractivity contribution < 1.29 is 9.53 Å². The molecule has 104 valence electrons. The molecule has 0 aromatic heterocycles. The van der Waals surface area contributed by atoms with Gasteiger partial charge in [-0.2, -0.15) is 0 Å². The van der Waals surface area contributed by atoms with Gasteiger partial charge < -0.3 is 21.5 Å². The van der Waals surface area contributed by atoms with E-state index in [0.29, 0.717) is 22.8 Å². The van der Waals surface area contributed by atoms with Gasteiger partial charge in [0.2, 0.25) is 5.91 Å². The molecule has 0 saturated heterocycles. The Balaban J connectivity index is 2.05. The third-order valence-electron chi connectivity index (χ3n) is 2.87. The van der Waals surface area contributed by atoms with Crippen LogP contribution in [0.15, 0.2) is 42.5 Å². The van der Waals surface area contributed by atoms with Gasteiger partial charge in [-0.05, 0) is 29.8 Å². The molecule has 0 aliphatic rings. The number of carbonyl (C=O) groups excluding carboxylic acids is 1. The van der Waals surface area contributed by atoms with Crippen molar-refractivity contribution >= 4 is 23.0 Å². The van der Waals surface area contributed by atoms with Gasteiger partial charge in [-0.15, -0.1) is 0 Å². The van der Waals surface area contributed by atoms with E-state index in [2.05, 4.69) is 5.32 Å². The summed E-state index contributed by atoms with van der Waals surface area (Å²) in [4.78, 5) is 12.0. The average Bonchev–Trinajstić information content (AvgIpc) is 2.42. The zero-order valence-corrected chi connectivity index (χ0v) is 11.2. The molecule has 0 aliphatic heterocycles. The fraction of sp³-hybridized carbons (Fsp3) is 0.133. The van der Waals surface area contributed by atoms with Crippen molar-refractivity contribution in [2.75, 3.05) is 23.9 Å². The molecule has 0 unspecified atom stereocenters. The lowest BCUT2D eigenvalue weighted by atomic mass is 10.1. The van der Waals surface area contributed by atoms with E-state index in [1.807, 2.05) is 12.1 Å². The summed E-state index contributed by atoms with van der Waals surface area (Å²) >= 11 is 0. The second-order valence-electron chi connectivity index (χ2n) is 4.42. The lowest BCUT2D eigenvalue weighted by molar-refractivity contribution is -0.115. The fourth-order valence-electron chi connectivity index (χ4n) is 1.85. The Labute approximate surface area is 117 Å². The molecular formula is C15H17N3O2. The van der Waals surface area contributed by atoms with Gasteiger partial charge in [-0.1, -0.05) is 12.1 Å². The molecule has 0 spiro atoms. The van der Waals surface area contributed by atoms with Crippen molar-refractivity contribution in [2.45, 2.75) is 6.42 Å². The van der Waals surface area contributed by atoms with Crippen LogP contribution in [0.2, 0.25) is 0 Å². The van der Waals surface area contributed by atoms with E-state index < -0.39 is 0 Å². The third kappa shape index (κ3) is 3.41. The number of hydrogen-bond acceptors (Lipinski definition) is 4. The number of nitrogen functional groups attached to an aromatic ring is 2. The van der Waals surface area contributed by atoms with Gasteiger partial charge in [0.25, 0.3) is 0 Å². The molecule has 0 radical (unpaired) electrons. The van der Waals surface area contributed by atoms with Crippen LogP contribution in [-0.2, 0) is 11.2 Å². The predicted octanol–water partition coefficient (Wildman–Crippen LogP) is 2.04. The summed E-state index contributed by atoms with van der Waals surface area (Å²) in [7, 11) is 1.58. The first-order chi connectivity index (χ1) is 9.58. The highest BCUT2D eigenvalue weighted by molar-refractivity contribution is 5.93. The SMILES string of the molecule is COc1cccc(NC(=O)Cc2ccc(N)cc2N)c1. The number of benzene rings is 2. The van der Waals surface area contributed by atoms with Gasteiger partial charge in [0.05, 0.1) is 13.5 Å². The molecule has 2 aromatic carbocycles. The first-order valence-electron chi connectivity index (χ1n) is 6.16. The minimum absolute atomic E-state index is 0.144. The van der Waals surface area contributed by atoms with Crippen LogP contribution < -0.4 is 21.5 Å². The minimum Gasteiger partial charge on any atom is -0.497 e. The second kappa shape index (κ2) is 5.97. The number of nitrogens with one attached hydrogen (secondary N) is 1. The van der Waals surface area contributed by atoms with E-state index in [1.54, 1.807) is 37.4 Å². The Bertz CT molecular complexity index is 626. The maximum absolute atomic E-state index is 12.0. The fourth-order valence-corrected chi connectivity index (χ4v) is 1.85. The summed E-state index contributed by atoms with van der Waals surface area (Å²) in [5, 5.41) is 2.80. The van der Waals surface area contributed by atoms with Crippen molar-refractivity contribution in [1.82, 2.24) is 0 Å². The quantitative estimate of drug-likeness (QED) is 0.742. The molecule has 0 atom stereocenters. The Kier molecular flexibility index (Phi) is 4.10. The third-order valence-corrected chi connectivity index (χ3v) is 2.87. The minimum atomic E-state index is -0.144. The van der Waals surface area contributed by atoms with E-state index >= 15 is 0 Å². The average molecular weight is 271 g/mol. The lowest BCUT2D eigenvalue weighted by Crippen LogP contribution is -2.15. The molecule has 5 nitrogen and oxygen atoms in total. The number of rotatable bonds is 4. The summed E-state index contributed by atoms with van der Waals surface area (Å²) in [5.41, 5.74) is 14.0. The van der Waals surface area contributed by atoms with E-state index in [1.165, 1.54) is 0 Å². The van der Waals surface area contributed by atoms with Gasteiger partial charge >= 0.3 is 0 Å². The molecule has 2 aromatic rings. The van der Waals surface area contributed by atoms with E-state index in [0.717, 1.165) is 5.56 Å². The zero-order valence-electron chi connectivity index (χ0n) is 11.2. The first kappa shape index (κ1) is 13.7. The van der Waals surface area contributed by atoms with Crippen LogP contribution in [-0.4, -0.2) is 13.0 Å². The zero-order chi connectivity index (χ0) is 14.5. The number of amides is 1. The Morgan fingerprint density at radius 3 is 2.70 bits per heavy atom. The number of ether oxygens (including phenoxy) is 1.